The summed E-state index contributed by atoms with van der Waals surface area (Å²) >= 11 is 1.01. The second-order valence-electron chi connectivity index (χ2n) is 11.0. The Morgan fingerprint density at radius 2 is 1.69 bits per heavy atom. The lowest BCUT2D eigenvalue weighted by molar-refractivity contribution is -0.274. The molecule has 4 aromatic carbocycles. The summed E-state index contributed by atoms with van der Waals surface area (Å²) in [5.74, 6) is -3.01. The minimum Gasteiger partial charge on any atom is -0.406 e. The summed E-state index contributed by atoms with van der Waals surface area (Å²) in [6.07, 6.45) is -3.54. The molecular weight excluding hydrogens is 702 g/mol. The highest BCUT2D eigenvalue weighted by atomic mass is 32.2. The van der Waals surface area contributed by atoms with E-state index in [-0.39, 0.29) is 52.7 Å². The van der Waals surface area contributed by atoms with Crippen molar-refractivity contribution in [3.8, 4) is 22.8 Å². The van der Waals surface area contributed by atoms with E-state index < -0.39 is 35.6 Å². The summed E-state index contributed by atoms with van der Waals surface area (Å²) in [5.41, 5.74) is 2.27. The number of ether oxygens (including phenoxy) is 2. The Hall–Kier alpha value is -5.68. The zero-order valence-electron chi connectivity index (χ0n) is 26.2. The fourth-order valence-electron chi connectivity index (χ4n) is 4.90. The molecule has 3 amide bonds. The first kappa shape index (κ1) is 35.2. The Kier molecular flexibility index (Phi) is 10.1. The molecule has 1 aliphatic rings. The van der Waals surface area contributed by atoms with E-state index in [2.05, 4.69) is 25.1 Å². The van der Waals surface area contributed by atoms with Crippen molar-refractivity contribution in [2.45, 2.75) is 26.5 Å². The number of carbonyl (C=O) groups is 2. The molecule has 0 bridgehead atoms. The smallest absolute Gasteiger partial charge is 0.406 e. The van der Waals surface area contributed by atoms with Crippen LogP contribution in [-0.4, -0.2) is 44.0 Å². The Balaban J connectivity index is 1.14. The number of aryl methyl sites for hydroxylation is 1. The first-order chi connectivity index (χ1) is 24.3. The first-order valence-electron chi connectivity index (χ1n) is 14.9. The van der Waals surface area contributed by atoms with E-state index in [1.165, 1.54) is 46.2 Å². The Morgan fingerprint density at radius 3 is 2.41 bits per heavy atom. The number of benzene rings is 4. The first-order valence-corrected chi connectivity index (χ1v) is 15.9. The van der Waals surface area contributed by atoms with Gasteiger partial charge in [-0.25, -0.2) is 27.6 Å². The molecule has 6 rings (SSSR count). The van der Waals surface area contributed by atoms with Crippen LogP contribution in [0.25, 0.3) is 17.1 Å². The summed E-state index contributed by atoms with van der Waals surface area (Å²) in [4.78, 5) is 35.4. The summed E-state index contributed by atoms with van der Waals surface area (Å²) < 4.78 is 90.6. The average Bonchev–Trinajstić information content (AvgIpc) is 3.70. The van der Waals surface area contributed by atoms with Crippen molar-refractivity contribution in [1.29, 1.82) is 0 Å². The second-order valence-corrected chi connectivity index (χ2v) is 11.9. The van der Waals surface area contributed by atoms with Crippen LogP contribution in [0.4, 0.5) is 42.5 Å². The molecule has 1 saturated heterocycles. The largest absolute Gasteiger partial charge is 0.573 e. The van der Waals surface area contributed by atoms with Gasteiger partial charge in [-0.15, -0.1) is 18.3 Å². The highest BCUT2D eigenvalue weighted by molar-refractivity contribution is 8.15. The standard InChI is InChI=1S/C34H24F6N6O4S/c1-19-2-3-22(16-49-15-21-4-6-23(35)14-26(21)36)29(12-19)46-30(47)17-51-33(46)43-32(48)42-28-11-5-20(13-27(28)37)31-41-18-45(44-31)24-7-9-25(10-8-24)50-34(38,39)40/h2-14,18H,15-17H2,1H3,(H,42,48)/b43-33-. The van der Waals surface area contributed by atoms with Crippen molar-refractivity contribution in [2.75, 3.05) is 16.0 Å². The van der Waals surface area contributed by atoms with Gasteiger partial charge in [0.1, 0.15) is 29.5 Å². The van der Waals surface area contributed by atoms with Gasteiger partial charge >= 0.3 is 12.4 Å². The van der Waals surface area contributed by atoms with Crippen LogP contribution >= 0.6 is 11.8 Å². The number of halogens is 6. The zero-order chi connectivity index (χ0) is 36.3. The van der Waals surface area contributed by atoms with Gasteiger partial charge in [0.05, 0.1) is 36.0 Å². The van der Waals surface area contributed by atoms with Crippen LogP contribution in [0.1, 0.15) is 16.7 Å². The Labute approximate surface area is 289 Å². The fraction of sp³-hybridized carbons (Fsp3) is 0.147. The maximum Gasteiger partial charge on any atom is 0.573 e. The topological polar surface area (TPSA) is 111 Å². The van der Waals surface area contributed by atoms with E-state index in [9.17, 15) is 31.5 Å². The van der Waals surface area contributed by atoms with E-state index in [0.29, 0.717) is 16.9 Å². The third-order valence-electron chi connectivity index (χ3n) is 7.27. The number of thioether (sulfide) groups is 1. The number of amides is 3. The Morgan fingerprint density at radius 1 is 0.941 bits per heavy atom. The summed E-state index contributed by atoms with van der Waals surface area (Å²) in [6.45, 7) is 1.60. The SMILES string of the molecule is Cc1ccc(COCc2ccc(F)cc2F)c(N2C(=O)CS/C2=N\C(=O)Nc2ccc(-c3ncn(-c4ccc(OC(F)(F)F)cc4)n3)cc2F)c1. The van der Waals surface area contributed by atoms with Crippen LogP contribution < -0.4 is 15.0 Å². The molecule has 5 aromatic rings. The number of alkyl halides is 3. The quantitative estimate of drug-likeness (QED) is 0.154. The molecule has 1 aliphatic heterocycles. The molecule has 1 N–H and O–H groups in total. The lowest BCUT2D eigenvalue weighted by Gasteiger charge is -2.20. The van der Waals surface area contributed by atoms with E-state index in [1.807, 2.05) is 0 Å². The molecule has 0 unspecified atom stereocenters. The van der Waals surface area contributed by atoms with Gasteiger partial charge in [0.25, 0.3) is 0 Å². The van der Waals surface area contributed by atoms with Gasteiger partial charge in [-0.2, -0.15) is 4.99 Å². The predicted octanol–water partition coefficient (Wildman–Crippen LogP) is 7.94. The van der Waals surface area contributed by atoms with E-state index >= 15 is 4.39 Å². The van der Waals surface area contributed by atoms with Gasteiger partial charge in [0, 0.05) is 22.8 Å². The maximum absolute atomic E-state index is 15.1. The van der Waals surface area contributed by atoms with Crippen molar-refractivity contribution < 1.29 is 45.4 Å². The monoisotopic (exact) mass is 726 g/mol. The maximum atomic E-state index is 15.1. The molecule has 0 spiro atoms. The number of hydrogen-bond donors (Lipinski definition) is 1. The summed E-state index contributed by atoms with van der Waals surface area (Å²) in [5, 5.41) is 6.65. The molecule has 0 saturated carbocycles. The number of aliphatic imine (C=N–C) groups is 1. The van der Waals surface area contributed by atoms with Crippen molar-refractivity contribution in [3.05, 3.63) is 119 Å². The molecule has 0 radical (unpaired) electrons. The van der Waals surface area contributed by atoms with Crippen molar-refractivity contribution in [2.24, 2.45) is 4.99 Å². The van der Waals surface area contributed by atoms with Crippen molar-refractivity contribution in [3.63, 3.8) is 0 Å². The molecule has 17 heteroatoms. The average molecular weight is 727 g/mol. The van der Waals surface area contributed by atoms with Gasteiger partial charge in [-0.1, -0.05) is 30.0 Å². The van der Waals surface area contributed by atoms with Crippen molar-refractivity contribution >= 4 is 40.2 Å². The molecule has 0 atom stereocenters. The van der Waals surface area contributed by atoms with Gasteiger partial charge in [-0.05, 0) is 67.1 Å². The number of nitrogens with one attached hydrogen (secondary N) is 1. The molecule has 262 valence electrons. The number of rotatable bonds is 9. The molecule has 10 nitrogen and oxygen atoms in total. The number of anilines is 2. The van der Waals surface area contributed by atoms with Gasteiger partial charge in [-0.3, -0.25) is 9.69 Å². The molecule has 1 fully saturated rings. The molecule has 0 aliphatic carbocycles. The normalized spacial score (nSPS) is 14.0. The predicted molar refractivity (Wildman–Crippen MR) is 176 cm³/mol. The summed E-state index contributed by atoms with van der Waals surface area (Å²) in [6, 6.07) is 16.1. The molecular formula is C34H24F6N6O4S. The van der Waals surface area contributed by atoms with Crippen LogP contribution in [0.3, 0.4) is 0 Å². The van der Waals surface area contributed by atoms with Gasteiger partial charge in [0.2, 0.25) is 5.91 Å². The van der Waals surface area contributed by atoms with E-state index in [4.69, 9.17) is 4.74 Å². The van der Waals surface area contributed by atoms with Crippen LogP contribution in [0.5, 0.6) is 5.75 Å². The lowest BCUT2D eigenvalue weighted by Crippen LogP contribution is -2.31. The minimum absolute atomic E-state index is 0.0185. The highest BCUT2D eigenvalue weighted by Crippen LogP contribution is 2.32. The summed E-state index contributed by atoms with van der Waals surface area (Å²) in [7, 11) is 0. The number of nitrogens with zero attached hydrogens (tertiary/aromatic N) is 5. The number of amidine groups is 1. The van der Waals surface area contributed by atoms with Crippen molar-refractivity contribution in [1.82, 2.24) is 14.8 Å². The van der Waals surface area contributed by atoms with E-state index in [0.717, 1.165) is 47.7 Å². The van der Waals surface area contributed by atoms with Gasteiger partial charge < -0.3 is 14.8 Å². The highest BCUT2D eigenvalue weighted by Gasteiger charge is 2.33. The minimum atomic E-state index is -4.83. The molecule has 2 heterocycles. The fourth-order valence-corrected chi connectivity index (χ4v) is 5.76. The molecule has 1 aromatic heterocycles. The third kappa shape index (κ3) is 8.56. The van der Waals surface area contributed by atoms with Crippen LogP contribution in [0, 0.1) is 24.4 Å². The van der Waals surface area contributed by atoms with Crippen LogP contribution in [0.2, 0.25) is 0 Å². The molecule has 51 heavy (non-hydrogen) atoms. The number of carbonyl (C=O) groups excluding carboxylic acids is 2. The van der Waals surface area contributed by atoms with Gasteiger partial charge in [0.15, 0.2) is 11.0 Å². The van der Waals surface area contributed by atoms with E-state index in [1.54, 1.807) is 25.1 Å². The zero-order valence-corrected chi connectivity index (χ0v) is 27.1. The third-order valence-corrected chi connectivity index (χ3v) is 8.19. The number of hydrogen-bond acceptors (Lipinski definition) is 7. The van der Waals surface area contributed by atoms with Crippen LogP contribution in [0.15, 0.2) is 90.2 Å². The Bertz CT molecular complexity index is 2140. The number of urea groups is 1. The van der Waals surface area contributed by atoms with Crippen LogP contribution in [-0.2, 0) is 22.7 Å². The number of aromatic nitrogens is 3. The second kappa shape index (κ2) is 14.7. The lowest BCUT2D eigenvalue weighted by atomic mass is 10.1.